The summed E-state index contributed by atoms with van der Waals surface area (Å²) in [5.41, 5.74) is 0. The number of hydrogen-bond donors (Lipinski definition) is 2. The number of nitrogens with two attached hydrogens (primary N) is 1. The van der Waals surface area contributed by atoms with Crippen LogP contribution in [0.4, 0.5) is 0 Å². The highest BCUT2D eigenvalue weighted by atomic mass is 32.2. The standard InChI is InChI=1S/C7H15N3O3S/c8-14(12,13)6-1-7(11)10-4-2-9-3-5-10/h9H,1-6H2,(H2,8,12,13). The first-order valence-corrected chi connectivity index (χ1v) is 6.19. The van der Waals surface area contributed by atoms with Gasteiger partial charge in [-0.05, 0) is 0 Å². The van der Waals surface area contributed by atoms with Gasteiger partial charge in [-0.2, -0.15) is 0 Å². The normalized spacial score (nSPS) is 18.2. The van der Waals surface area contributed by atoms with Crippen molar-refractivity contribution in [1.29, 1.82) is 0 Å². The van der Waals surface area contributed by atoms with E-state index in [0.29, 0.717) is 13.1 Å². The van der Waals surface area contributed by atoms with Gasteiger partial charge >= 0.3 is 0 Å². The van der Waals surface area contributed by atoms with Crippen LogP contribution in [-0.2, 0) is 14.8 Å². The third-order valence-electron chi connectivity index (χ3n) is 2.07. The Bertz CT molecular complexity index is 295. The molecule has 14 heavy (non-hydrogen) atoms. The maximum absolute atomic E-state index is 11.4. The maximum Gasteiger partial charge on any atom is 0.223 e. The smallest absolute Gasteiger partial charge is 0.223 e. The van der Waals surface area contributed by atoms with Crippen molar-refractivity contribution < 1.29 is 13.2 Å². The fourth-order valence-electron chi connectivity index (χ4n) is 1.30. The second-order valence-electron chi connectivity index (χ2n) is 3.25. The van der Waals surface area contributed by atoms with E-state index in [-0.39, 0.29) is 18.1 Å². The predicted molar refractivity (Wildman–Crippen MR) is 52.0 cm³/mol. The predicted octanol–water partition coefficient (Wildman–Crippen LogP) is -1.90. The van der Waals surface area contributed by atoms with E-state index in [2.05, 4.69) is 5.32 Å². The van der Waals surface area contributed by atoms with Crippen molar-refractivity contribution in [3.8, 4) is 0 Å². The minimum Gasteiger partial charge on any atom is -0.340 e. The van der Waals surface area contributed by atoms with Crippen LogP contribution >= 0.6 is 0 Å². The van der Waals surface area contributed by atoms with Gasteiger partial charge in [-0.25, -0.2) is 13.6 Å². The first-order chi connectivity index (χ1) is 6.49. The number of rotatable bonds is 3. The minimum absolute atomic E-state index is 0.0150. The summed E-state index contributed by atoms with van der Waals surface area (Å²) in [4.78, 5) is 13.1. The van der Waals surface area contributed by atoms with E-state index in [1.807, 2.05) is 0 Å². The molecular weight excluding hydrogens is 206 g/mol. The van der Waals surface area contributed by atoms with Gasteiger partial charge in [0.25, 0.3) is 0 Å². The van der Waals surface area contributed by atoms with E-state index in [4.69, 9.17) is 5.14 Å². The first-order valence-electron chi connectivity index (χ1n) is 4.48. The molecule has 0 unspecified atom stereocenters. The number of primary sulfonamides is 1. The molecule has 0 saturated carbocycles. The Labute approximate surface area is 83.5 Å². The highest BCUT2D eigenvalue weighted by molar-refractivity contribution is 7.89. The van der Waals surface area contributed by atoms with Gasteiger partial charge in [0.05, 0.1) is 5.75 Å². The Morgan fingerprint density at radius 1 is 1.36 bits per heavy atom. The SMILES string of the molecule is NS(=O)(=O)CCC(=O)N1CCNCC1. The third-order valence-corrected chi connectivity index (χ3v) is 2.84. The van der Waals surface area contributed by atoms with E-state index in [9.17, 15) is 13.2 Å². The molecule has 3 N–H and O–H groups in total. The zero-order valence-electron chi connectivity index (χ0n) is 7.90. The van der Waals surface area contributed by atoms with Crippen molar-refractivity contribution in [2.75, 3.05) is 31.9 Å². The van der Waals surface area contributed by atoms with E-state index >= 15 is 0 Å². The van der Waals surface area contributed by atoms with Crippen LogP contribution in [0.5, 0.6) is 0 Å². The second-order valence-corrected chi connectivity index (χ2v) is 4.98. The molecule has 0 bridgehead atoms. The lowest BCUT2D eigenvalue weighted by Crippen LogP contribution is -2.46. The quantitative estimate of drug-likeness (QED) is 0.582. The summed E-state index contributed by atoms with van der Waals surface area (Å²) >= 11 is 0. The minimum atomic E-state index is -3.52. The van der Waals surface area contributed by atoms with Crippen LogP contribution in [0.2, 0.25) is 0 Å². The third kappa shape index (κ3) is 4.03. The summed E-state index contributed by atoms with van der Waals surface area (Å²) in [6.45, 7) is 2.81. The molecule has 0 aromatic carbocycles. The number of carbonyl (C=O) groups is 1. The molecule has 1 fully saturated rings. The average Bonchev–Trinajstić information content (AvgIpc) is 2.14. The van der Waals surface area contributed by atoms with E-state index in [1.54, 1.807) is 4.90 Å². The topological polar surface area (TPSA) is 92.5 Å². The van der Waals surface area contributed by atoms with Gasteiger partial charge in [-0.15, -0.1) is 0 Å². The molecule has 0 atom stereocenters. The molecule has 0 aromatic heterocycles. The molecular formula is C7H15N3O3S. The number of hydrogen-bond acceptors (Lipinski definition) is 4. The van der Waals surface area contributed by atoms with Crippen LogP contribution in [0.1, 0.15) is 6.42 Å². The van der Waals surface area contributed by atoms with Gasteiger partial charge in [-0.1, -0.05) is 0 Å². The summed E-state index contributed by atoms with van der Waals surface area (Å²) in [6.07, 6.45) is -0.0150. The van der Waals surface area contributed by atoms with Gasteiger partial charge in [-0.3, -0.25) is 4.79 Å². The van der Waals surface area contributed by atoms with Crippen LogP contribution in [-0.4, -0.2) is 51.2 Å². The van der Waals surface area contributed by atoms with Gasteiger partial charge in [0.1, 0.15) is 0 Å². The molecule has 7 heteroatoms. The van der Waals surface area contributed by atoms with Crippen LogP contribution in [0.3, 0.4) is 0 Å². The molecule has 1 aliphatic heterocycles. The zero-order chi connectivity index (χ0) is 10.6. The molecule has 0 radical (unpaired) electrons. The Balaban J connectivity index is 2.34. The molecule has 82 valence electrons. The molecule has 1 amide bonds. The maximum atomic E-state index is 11.4. The largest absolute Gasteiger partial charge is 0.340 e. The monoisotopic (exact) mass is 221 g/mol. The van der Waals surface area contributed by atoms with E-state index in [1.165, 1.54) is 0 Å². The number of nitrogens with zero attached hydrogens (tertiary/aromatic N) is 1. The summed E-state index contributed by atoms with van der Waals surface area (Å²) < 4.78 is 21.2. The first kappa shape index (κ1) is 11.4. The molecule has 0 spiro atoms. The molecule has 1 heterocycles. The number of piperazine rings is 1. The fourth-order valence-corrected chi connectivity index (χ4v) is 1.76. The van der Waals surface area contributed by atoms with Crippen LogP contribution in [0.15, 0.2) is 0 Å². The molecule has 1 aliphatic rings. The van der Waals surface area contributed by atoms with Gasteiger partial charge < -0.3 is 10.2 Å². The van der Waals surface area contributed by atoms with Crippen molar-refractivity contribution in [1.82, 2.24) is 10.2 Å². The van der Waals surface area contributed by atoms with Gasteiger partial charge in [0, 0.05) is 32.6 Å². The molecule has 0 aliphatic carbocycles. The zero-order valence-corrected chi connectivity index (χ0v) is 8.72. The van der Waals surface area contributed by atoms with Crippen molar-refractivity contribution in [3.63, 3.8) is 0 Å². The Morgan fingerprint density at radius 2 is 1.93 bits per heavy atom. The lowest BCUT2D eigenvalue weighted by Gasteiger charge is -2.27. The lowest BCUT2D eigenvalue weighted by atomic mass is 10.3. The van der Waals surface area contributed by atoms with Crippen LogP contribution < -0.4 is 10.5 Å². The molecule has 1 saturated heterocycles. The lowest BCUT2D eigenvalue weighted by molar-refractivity contribution is -0.131. The average molecular weight is 221 g/mol. The summed E-state index contributed by atoms with van der Waals surface area (Å²) in [5.74, 6) is -0.406. The van der Waals surface area contributed by atoms with Gasteiger partial charge in [0.15, 0.2) is 0 Å². The van der Waals surface area contributed by atoms with Crippen LogP contribution in [0, 0.1) is 0 Å². The Morgan fingerprint density at radius 3 is 2.43 bits per heavy atom. The van der Waals surface area contributed by atoms with Crippen molar-refractivity contribution in [2.24, 2.45) is 5.14 Å². The van der Waals surface area contributed by atoms with Gasteiger partial charge in [0.2, 0.25) is 15.9 Å². The number of sulfonamides is 1. The summed E-state index contributed by atoms with van der Waals surface area (Å²) in [5, 5.41) is 7.91. The molecule has 6 nitrogen and oxygen atoms in total. The summed E-state index contributed by atoms with van der Waals surface area (Å²) in [6, 6.07) is 0. The van der Waals surface area contributed by atoms with Crippen molar-refractivity contribution in [2.45, 2.75) is 6.42 Å². The molecule has 0 aromatic rings. The number of carbonyl (C=O) groups excluding carboxylic acids is 1. The fraction of sp³-hybridized carbons (Fsp3) is 0.857. The second kappa shape index (κ2) is 4.72. The van der Waals surface area contributed by atoms with E-state index in [0.717, 1.165) is 13.1 Å². The highest BCUT2D eigenvalue weighted by Crippen LogP contribution is 1.98. The number of amides is 1. The highest BCUT2D eigenvalue weighted by Gasteiger charge is 2.17. The van der Waals surface area contributed by atoms with E-state index < -0.39 is 10.0 Å². The summed E-state index contributed by atoms with van der Waals surface area (Å²) in [7, 11) is -3.52. The Kier molecular flexibility index (Phi) is 3.85. The Hall–Kier alpha value is -0.660. The van der Waals surface area contributed by atoms with Crippen molar-refractivity contribution >= 4 is 15.9 Å². The molecule has 1 rings (SSSR count). The number of nitrogens with one attached hydrogen (secondary N) is 1. The van der Waals surface area contributed by atoms with Crippen molar-refractivity contribution in [3.05, 3.63) is 0 Å². The van der Waals surface area contributed by atoms with Crippen LogP contribution in [0.25, 0.3) is 0 Å².